The number of carbonyl (C=O) groups excluding carboxylic acids is 1. The molecule has 0 aromatic carbocycles. The quantitative estimate of drug-likeness (QED) is 0.696. The minimum atomic E-state index is -0.564. The van der Waals surface area contributed by atoms with E-state index in [4.69, 9.17) is 0 Å². The smallest absolute Gasteiger partial charge is 0.377 e. The highest BCUT2D eigenvalue weighted by atomic mass is 16.5. The first kappa shape index (κ1) is 10.3. The molecule has 0 unspecified atom stereocenters. The number of esters is 1. The molecule has 0 fully saturated rings. The Labute approximate surface area is 91.9 Å². The Morgan fingerprint density at radius 3 is 2.81 bits per heavy atom. The Morgan fingerprint density at radius 2 is 2.19 bits per heavy atom. The van der Waals surface area contributed by atoms with Gasteiger partial charge in [0.15, 0.2) is 5.82 Å². The number of hydrogen-bond acceptors (Lipinski definition) is 5. The summed E-state index contributed by atoms with van der Waals surface area (Å²) >= 11 is 0. The lowest BCUT2D eigenvalue weighted by Gasteiger charge is -1.98. The number of nitrogens with zero attached hydrogens (tertiary/aromatic N) is 4. The van der Waals surface area contributed by atoms with Gasteiger partial charge < -0.3 is 4.74 Å². The fraction of sp³-hybridized carbons (Fsp3) is 0.200. The molecule has 16 heavy (non-hydrogen) atoms. The average molecular weight is 218 g/mol. The van der Waals surface area contributed by atoms with Crippen LogP contribution in [0.3, 0.4) is 0 Å². The Bertz CT molecular complexity index is 504. The number of aromatic nitrogens is 4. The van der Waals surface area contributed by atoms with Crippen LogP contribution in [0.1, 0.15) is 16.2 Å². The van der Waals surface area contributed by atoms with E-state index in [-0.39, 0.29) is 5.82 Å². The minimum absolute atomic E-state index is 0.0184. The molecule has 0 aliphatic carbocycles. The highest BCUT2D eigenvalue weighted by molar-refractivity contribution is 5.84. The Hall–Kier alpha value is -2.24. The molecule has 0 amide bonds. The molecule has 0 atom stereocenters. The van der Waals surface area contributed by atoms with Gasteiger partial charge in [-0.3, -0.25) is 0 Å². The summed E-state index contributed by atoms with van der Waals surface area (Å²) in [5.74, 6) is 0.0592. The minimum Gasteiger partial charge on any atom is -0.463 e. The van der Waals surface area contributed by atoms with Crippen molar-refractivity contribution in [2.45, 2.75) is 6.92 Å². The molecule has 2 aromatic rings. The summed E-state index contributed by atoms with van der Waals surface area (Å²) in [4.78, 5) is 19.1. The van der Waals surface area contributed by atoms with Crippen molar-refractivity contribution in [2.75, 3.05) is 7.11 Å². The molecule has 2 heterocycles. The van der Waals surface area contributed by atoms with Gasteiger partial charge in [-0.05, 0) is 18.6 Å². The molecule has 0 N–H and O–H groups in total. The fourth-order valence-corrected chi connectivity index (χ4v) is 1.15. The predicted octanol–water partition coefficient (Wildman–Crippen LogP) is 0.757. The van der Waals surface area contributed by atoms with Crippen molar-refractivity contribution in [3.05, 3.63) is 36.0 Å². The van der Waals surface area contributed by atoms with Crippen LogP contribution in [0.4, 0.5) is 0 Å². The van der Waals surface area contributed by atoms with Gasteiger partial charge in [0.1, 0.15) is 6.33 Å². The zero-order valence-electron chi connectivity index (χ0n) is 8.91. The molecule has 0 aliphatic heterocycles. The van der Waals surface area contributed by atoms with Crippen molar-refractivity contribution in [3.8, 4) is 5.82 Å². The third-order valence-electron chi connectivity index (χ3n) is 1.99. The first-order valence-corrected chi connectivity index (χ1v) is 4.63. The summed E-state index contributed by atoms with van der Waals surface area (Å²) < 4.78 is 5.93. The first-order chi connectivity index (χ1) is 7.70. The molecule has 0 bridgehead atoms. The van der Waals surface area contributed by atoms with E-state index in [0.717, 1.165) is 5.56 Å². The molecule has 2 aromatic heterocycles. The van der Waals surface area contributed by atoms with Crippen LogP contribution in [0.5, 0.6) is 0 Å². The molecule has 0 aliphatic rings. The molecule has 0 saturated carbocycles. The van der Waals surface area contributed by atoms with Gasteiger partial charge in [0, 0.05) is 6.20 Å². The third-order valence-corrected chi connectivity index (χ3v) is 1.99. The Kier molecular flexibility index (Phi) is 2.63. The van der Waals surface area contributed by atoms with Gasteiger partial charge in [-0.2, -0.15) is 0 Å². The Balaban J connectivity index is 2.31. The van der Waals surface area contributed by atoms with Crippen LogP contribution in [0.2, 0.25) is 0 Å². The van der Waals surface area contributed by atoms with Crippen LogP contribution in [0.15, 0.2) is 24.7 Å². The van der Waals surface area contributed by atoms with Crippen LogP contribution in [-0.4, -0.2) is 32.8 Å². The number of pyridine rings is 1. The van der Waals surface area contributed by atoms with Gasteiger partial charge in [-0.1, -0.05) is 6.07 Å². The molecule has 6 heteroatoms. The van der Waals surface area contributed by atoms with E-state index in [2.05, 4.69) is 19.8 Å². The zero-order valence-corrected chi connectivity index (χ0v) is 8.91. The first-order valence-electron chi connectivity index (χ1n) is 4.63. The van der Waals surface area contributed by atoms with E-state index < -0.39 is 5.97 Å². The summed E-state index contributed by atoms with van der Waals surface area (Å²) in [5, 5.41) is 3.95. The highest BCUT2D eigenvalue weighted by Gasteiger charge is 2.11. The van der Waals surface area contributed by atoms with Gasteiger partial charge in [-0.15, -0.1) is 5.10 Å². The van der Waals surface area contributed by atoms with E-state index in [1.54, 1.807) is 12.3 Å². The van der Waals surface area contributed by atoms with E-state index >= 15 is 0 Å². The second kappa shape index (κ2) is 4.09. The van der Waals surface area contributed by atoms with E-state index in [9.17, 15) is 4.79 Å². The van der Waals surface area contributed by atoms with Gasteiger partial charge in [0.25, 0.3) is 5.82 Å². The average Bonchev–Trinajstić information content (AvgIpc) is 2.78. The lowest BCUT2D eigenvalue weighted by Crippen LogP contribution is -2.05. The van der Waals surface area contributed by atoms with Crippen molar-refractivity contribution in [1.29, 1.82) is 0 Å². The van der Waals surface area contributed by atoms with Crippen molar-refractivity contribution in [3.63, 3.8) is 0 Å². The number of methoxy groups -OCH3 is 1. The van der Waals surface area contributed by atoms with Crippen molar-refractivity contribution >= 4 is 5.97 Å². The van der Waals surface area contributed by atoms with Crippen molar-refractivity contribution in [1.82, 2.24) is 19.7 Å². The third kappa shape index (κ3) is 1.90. The standard InChI is InChI=1S/C10H10N4O2/c1-7-3-4-8(11-5-7)14-6-12-9(13-14)10(15)16-2/h3-6H,1-2H3. The van der Waals surface area contributed by atoms with Crippen LogP contribution in [0.25, 0.3) is 5.82 Å². The molecule has 0 saturated heterocycles. The fourth-order valence-electron chi connectivity index (χ4n) is 1.15. The van der Waals surface area contributed by atoms with Crippen LogP contribution in [-0.2, 0) is 4.74 Å². The summed E-state index contributed by atoms with van der Waals surface area (Å²) in [6, 6.07) is 3.70. The second-order valence-electron chi connectivity index (χ2n) is 3.20. The molecule has 2 rings (SSSR count). The highest BCUT2D eigenvalue weighted by Crippen LogP contribution is 2.04. The molecule has 6 nitrogen and oxygen atoms in total. The van der Waals surface area contributed by atoms with Crippen LogP contribution >= 0.6 is 0 Å². The zero-order chi connectivity index (χ0) is 11.5. The second-order valence-corrected chi connectivity index (χ2v) is 3.20. The summed E-state index contributed by atoms with van der Waals surface area (Å²) in [6.45, 7) is 1.94. The van der Waals surface area contributed by atoms with Gasteiger partial charge >= 0.3 is 5.97 Å². The predicted molar refractivity (Wildman–Crippen MR) is 55.2 cm³/mol. The normalized spacial score (nSPS) is 10.1. The topological polar surface area (TPSA) is 69.9 Å². The summed E-state index contributed by atoms with van der Waals surface area (Å²) in [5.41, 5.74) is 1.05. The monoisotopic (exact) mass is 218 g/mol. The van der Waals surface area contributed by atoms with Crippen LogP contribution in [0, 0.1) is 6.92 Å². The van der Waals surface area contributed by atoms with E-state index in [0.29, 0.717) is 5.82 Å². The number of rotatable bonds is 2. The number of aryl methyl sites for hydroxylation is 1. The lowest BCUT2D eigenvalue weighted by molar-refractivity contribution is 0.0587. The maximum Gasteiger partial charge on any atom is 0.377 e. The van der Waals surface area contributed by atoms with E-state index in [1.165, 1.54) is 18.1 Å². The number of carbonyl (C=O) groups is 1. The largest absolute Gasteiger partial charge is 0.463 e. The molecule has 0 spiro atoms. The summed E-state index contributed by atoms with van der Waals surface area (Å²) in [7, 11) is 1.28. The lowest BCUT2D eigenvalue weighted by atomic mass is 10.3. The van der Waals surface area contributed by atoms with Crippen molar-refractivity contribution in [2.24, 2.45) is 0 Å². The SMILES string of the molecule is COC(=O)c1ncn(-c2ccc(C)cn2)n1. The molecular formula is C10H10N4O2. The molecule has 82 valence electrons. The maximum absolute atomic E-state index is 11.1. The van der Waals surface area contributed by atoms with E-state index in [1.807, 2.05) is 13.0 Å². The number of hydrogen-bond donors (Lipinski definition) is 0. The van der Waals surface area contributed by atoms with Crippen molar-refractivity contribution < 1.29 is 9.53 Å². The molecular weight excluding hydrogens is 208 g/mol. The maximum atomic E-state index is 11.1. The van der Waals surface area contributed by atoms with Gasteiger partial charge in [0.05, 0.1) is 7.11 Å². The summed E-state index contributed by atoms with van der Waals surface area (Å²) in [6.07, 6.45) is 3.14. The van der Waals surface area contributed by atoms with Gasteiger partial charge in [-0.25, -0.2) is 19.4 Å². The Morgan fingerprint density at radius 1 is 1.38 bits per heavy atom. The molecule has 0 radical (unpaired) electrons. The number of ether oxygens (including phenoxy) is 1. The van der Waals surface area contributed by atoms with Crippen LogP contribution < -0.4 is 0 Å². The van der Waals surface area contributed by atoms with Gasteiger partial charge in [0.2, 0.25) is 0 Å².